The van der Waals surface area contributed by atoms with E-state index in [1.807, 2.05) is 31.2 Å². The molecule has 3 rings (SSSR count). The summed E-state index contributed by atoms with van der Waals surface area (Å²) >= 11 is 6.04. The van der Waals surface area contributed by atoms with Crippen molar-refractivity contribution in [3.05, 3.63) is 46.2 Å². The quantitative estimate of drug-likeness (QED) is 0.739. The van der Waals surface area contributed by atoms with Gasteiger partial charge in [-0.25, -0.2) is 0 Å². The van der Waals surface area contributed by atoms with Gasteiger partial charge in [-0.1, -0.05) is 55.8 Å². The molecule has 0 atom stereocenters. The van der Waals surface area contributed by atoms with Gasteiger partial charge in [0, 0.05) is 28.0 Å². The lowest BCUT2D eigenvalue weighted by Gasteiger charge is -2.25. The molecular formula is C21H27ClN2O. The lowest BCUT2D eigenvalue weighted by molar-refractivity contribution is 0.1000. The van der Waals surface area contributed by atoms with Crippen LogP contribution in [-0.4, -0.2) is 10.5 Å². The third-order valence-corrected chi connectivity index (χ3v) is 5.77. The topological polar surface area (TPSA) is 48.0 Å². The third kappa shape index (κ3) is 3.62. The first kappa shape index (κ1) is 18.1. The largest absolute Gasteiger partial charge is 0.366 e. The molecule has 2 N–H and O–H groups in total. The van der Waals surface area contributed by atoms with Crippen molar-refractivity contribution in [2.45, 2.75) is 64.8 Å². The Morgan fingerprint density at radius 1 is 1.00 bits per heavy atom. The number of nitrogens with zero attached hydrogens (tertiary/aromatic N) is 1. The van der Waals surface area contributed by atoms with Crippen LogP contribution in [0.3, 0.4) is 0 Å². The van der Waals surface area contributed by atoms with Gasteiger partial charge in [-0.15, -0.1) is 0 Å². The average molecular weight is 359 g/mol. The van der Waals surface area contributed by atoms with Crippen molar-refractivity contribution in [3.63, 3.8) is 0 Å². The normalized spacial score (nSPS) is 16.4. The molecule has 0 spiro atoms. The Labute approximate surface area is 155 Å². The Balaban J connectivity index is 2.12. The fraction of sp³-hybridized carbons (Fsp3) is 0.476. The minimum atomic E-state index is -0.352. The Bertz CT molecular complexity index is 753. The molecule has 1 amide bonds. The first-order valence-corrected chi connectivity index (χ1v) is 9.65. The number of hydrogen-bond donors (Lipinski definition) is 1. The maximum Gasteiger partial charge on any atom is 0.251 e. The Hall–Kier alpha value is -1.74. The van der Waals surface area contributed by atoms with Crippen molar-refractivity contribution in [2.24, 2.45) is 5.73 Å². The number of carbonyl (C=O) groups is 1. The summed E-state index contributed by atoms with van der Waals surface area (Å²) in [5.74, 6) is -0.352. The van der Waals surface area contributed by atoms with Gasteiger partial charge in [0.1, 0.15) is 0 Å². The second kappa shape index (κ2) is 7.65. The van der Waals surface area contributed by atoms with E-state index in [2.05, 4.69) is 11.5 Å². The van der Waals surface area contributed by atoms with Crippen LogP contribution in [0.25, 0.3) is 11.1 Å². The van der Waals surface area contributed by atoms with E-state index in [1.54, 1.807) is 0 Å². The van der Waals surface area contributed by atoms with Crippen LogP contribution in [0, 0.1) is 13.8 Å². The highest BCUT2D eigenvalue weighted by Gasteiger charge is 2.26. The summed E-state index contributed by atoms with van der Waals surface area (Å²) in [7, 11) is 0. The Kier molecular flexibility index (Phi) is 5.53. The van der Waals surface area contributed by atoms with E-state index in [4.69, 9.17) is 17.3 Å². The van der Waals surface area contributed by atoms with Crippen molar-refractivity contribution in [2.75, 3.05) is 0 Å². The smallest absolute Gasteiger partial charge is 0.251 e. The molecule has 1 aromatic carbocycles. The zero-order chi connectivity index (χ0) is 18.0. The molecule has 0 unspecified atom stereocenters. The van der Waals surface area contributed by atoms with E-state index < -0.39 is 0 Å². The molecule has 1 aromatic heterocycles. The van der Waals surface area contributed by atoms with Gasteiger partial charge < -0.3 is 10.3 Å². The predicted molar refractivity (Wildman–Crippen MR) is 104 cm³/mol. The van der Waals surface area contributed by atoms with Crippen LogP contribution in [0.1, 0.15) is 72.7 Å². The molecule has 134 valence electrons. The SMILES string of the molecule is Cc1c(C(N)=O)c(-c2ccc(Cl)cc2)c(C)n1C1CCCCCCC1. The fourth-order valence-corrected chi connectivity index (χ4v) is 4.49. The van der Waals surface area contributed by atoms with E-state index in [1.165, 1.54) is 44.9 Å². The maximum absolute atomic E-state index is 12.2. The summed E-state index contributed by atoms with van der Waals surface area (Å²) in [6, 6.07) is 8.13. The van der Waals surface area contributed by atoms with E-state index in [-0.39, 0.29) is 5.91 Å². The highest BCUT2D eigenvalue weighted by atomic mass is 35.5. The number of rotatable bonds is 3. The minimum Gasteiger partial charge on any atom is -0.366 e. The molecule has 0 aliphatic heterocycles. The van der Waals surface area contributed by atoms with Crippen LogP contribution in [0.5, 0.6) is 0 Å². The van der Waals surface area contributed by atoms with Gasteiger partial charge in [0.15, 0.2) is 0 Å². The van der Waals surface area contributed by atoms with Gasteiger partial charge in [-0.05, 0) is 44.4 Å². The molecule has 3 nitrogen and oxygen atoms in total. The van der Waals surface area contributed by atoms with Crippen LogP contribution in [0.4, 0.5) is 0 Å². The van der Waals surface area contributed by atoms with E-state index in [0.29, 0.717) is 16.6 Å². The van der Waals surface area contributed by atoms with Gasteiger partial charge in [-0.3, -0.25) is 4.79 Å². The summed E-state index contributed by atoms with van der Waals surface area (Å²) < 4.78 is 2.37. The van der Waals surface area contributed by atoms with Crippen molar-refractivity contribution in [1.29, 1.82) is 0 Å². The number of primary amides is 1. The lowest BCUT2D eigenvalue weighted by atomic mass is 9.96. The molecule has 4 heteroatoms. The summed E-state index contributed by atoms with van der Waals surface area (Å²) in [6.07, 6.45) is 8.82. The first-order chi connectivity index (χ1) is 12.0. The minimum absolute atomic E-state index is 0.352. The molecule has 1 aliphatic rings. The van der Waals surface area contributed by atoms with E-state index in [0.717, 1.165) is 22.5 Å². The molecular weight excluding hydrogens is 332 g/mol. The number of aromatic nitrogens is 1. The number of carbonyl (C=O) groups excluding carboxylic acids is 1. The molecule has 0 saturated heterocycles. The van der Waals surface area contributed by atoms with Crippen LogP contribution in [0.15, 0.2) is 24.3 Å². The zero-order valence-corrected chi connectivity index (χ0v) is 15.9. The lowest BCUT2D eigenvalue weighted by Crippen LogP contribution is -2.16. The Morgan fingerprint density at radius 3 is 2.12 bits per heavy atom. The highest BCUT2D eigenvalue weighted by molar-refractivity contribution is 6.30. The Morgan fingerprint density at radius 2 is 1.56 bits per heavy atom. The van der Waals surface area contributed by atoms with Crippen LogP contribution in [-0.2, 0) is 0 Å². The fourth-order valence-electron chi connectivity index (χ4n) is 4.37. The van der Waals surface area contributed by atoms with Crippen molar-refractivity contribution in [1.82, 2.24) is 4.57 Å². The second-order valence-corrected chi connectivity index (χ2v) is 7.60. The van der Waals surface area contributed by atoms with Gasteiger partial charge >= 0.3 is 0 Å². The molecule has 2 aromatic rings. The van der Waals surface area contributed by atoms with Gasteiger partial charge in [0.2, 0.25) is 0 Å². The molecule has 0 bridgehead atoms. The van der Waals surface area contributed by atoms with Crippen LogP contribution < -0.4 is 5.73 Å². The highest BCUT2D eigenvalue weighted by Crippen LogP contribution is 2.38. The summed E-state index contributed by atoms with van der Waals surface area (Å²) in [5, 5.41) is 0.693. The van der Waals surface area contributed by atoms with Crippen molar-refractivity contribution < 1.29 is 4.79 Å². The van der Waals surface area contributed by atoms with Crippen LogP contribution in [0.2, 0.25) is 5.02 Å². The van der Waals surface area contributed by atoms with Crippen molar-refractivity contribution in [3.8, 4) is 11.1 Å². The number of benzene rings is 1. The van der Waals surface area contributed by atoms with Crippen LogP contribution >= 0.6 is 11.6 Å². The number of hydrogen-bond acceptors (Lipinski definition) is 1. The third-order valence-electron chi connectivity index (χ3n) is 5.52. The molecule has 1 fully saturated rings. The number of nitrogens with two attached hydrogens (primary N) is 1. The van der Waals surface area contributed by atoms with Gasteiger partial charge in [0.05, 0.1) is 5.56 Å². The summed E-state index contributed by atoms with van der Waals surface area (Å²) in [6.45, 7) is 4.15. The molecule has 0 radical (unpaired) electrons. The van der Waals surface area contributed by atoms with Gasteiger partial charge in [-0.2, -0.15) is 0 Å². The number of amides is 1. The molecule has 25 heavy (non-hydrogen) atoms. The van der Waals surface area contributed by atoms with Gasteiger partial charge in [0.25, 0.3) is 5.91 Å². The standard InChI is InChI=1S/C21H27ClN2O/c1-14-19(16-10-12-17(22)13-11-16)20(21(23)25)15(2)24(14)18-8-6-4-3-5-7-9-18/h10-13,18H,3-9H2,1-2H3,(H2,23,25). The predicted octanol–water partition coefficient (Wildman–Crippen LogP) is 5.81. The average Bonchev–Trinajstić information content (AvgIpc) is 2.80. The molecule has 1 saturated carbocycles. The first-order valence-electron chi connectivity index (χ1n) is 9.28. The summed E-state index contributed by atoms with van der Waals surface area (Å²) in [5.41, 5.74) is 10.5. The number of halogens is 1. The zero-order valence-electron chi connectivity index (χ0n) is 15.1. The summed E-state index contributed by atoms with van der Waals surface area (Å²) in [4.78, 5) is 12.2. The molecule has 1 aliphatic carbocycles. The van der Waals surface area contributed by atoms with E-state index >= 15 is 0 Å². The maximum atomic E-state index is 12.2. The molecule has 1 heterocycles. The second-order valence-electron chi connectivity index (χ2n) is 7.16. The monoisotopic (exact) mass is 358 g/mol. The van der Waals surface area contributed by atoms with Crippen molar-refractivity contribution >= 4 is 17.5 Å². The van der Waals surface area contributed by atoms with E-state index in [9.17, 15) is 4.79 Å².